The topological polar surface area (TPSA) is 73.3 Å². The molecule has 3 rings (SSSR count). The Labute approximate surface area is 113 Å². The number of furan rings is 1. The van der Waals surface area contributed by atoms with Crippen LogP contribution in [0.15, 0.2) is 52.9 Å². The SMILES string of the molecule is O=Cc1ccc(-c2ccc([N+](=O)[O-])c3ccccc23)o1. The Bertz CT molecular complexity index is 820. The molecule has 0 saturated carbocycles. The first-order chi connectivity index (χ1) is 9.70. The summed E-state index contributed by atoms with van der Waals surface area (Å²) in [6.45, 7) is 0. The smallest absolute Gasteiger partial charge is 0.277 e. The second-order valence-electron chi connectivity index (χ2n) is 4.25. The van der Waals surface area contributed by atoms with Crippen LogP contribution in [0.1, 0.15) is 10.6 Å². The monoisotopic (exact) mass is 267 g/mol. The van der Waals surface area contributed by atoms with Crippen molar-refractivity contribution in [2.24, 2.45) is 0 Å². The highest BCUT2D eigenvalue weighted by atomic mass is 16.6. The first-order valence-corrected chi connectivity index (χ1v) is 5.92. The molecule has 0 aliphatic rings. The minimum absolute atomic E-state index is 0.0477. The second-order valence-corrected chi connectivity index (χ2v) is 4.25. The van der Waals surface area contributed by atoms with E-state index in [2.05, 4.69) is 0 Å². The van der Waals surface area contributed by atoms with Gasteiger partial charge < -0.3 is 4.42 Å². The summed E-state index contributed by atoms with van der Waals surface area (Å²) in [6, 6.07) is 13.4. The number of rotatable bonds is 3. The Morgan fingerprint density at radius 3 is 2.40 bits per heavy atom. The highest BCUT2D eigenvalue weighted by molar-refractivity contribution is 6.00. The van der Waals surface area contributed by atoms with E-state index in [1.54, 1.807) is 42.5 Å². The van der Waals surface area contributed by atoms with Crippen LogP contribution in [0.2, 0.25) is 0 Å². The molecular weight excluding hydrogens is 258 g/mol. The lowest BCUT2D eigenvalue weighted by Crippen LogP contribution is -1.90. The Balaban J connectivity index is 2.30. The highest BCUT2D eigenvalue weighted by Crippen LogP contribution is 2.34. The average Bonchev–Trinajstić information content (AvgIpc) is 2.94. The van der Waals surface area contributed by atoms with E-state index >= 15 is 0 Å². The third kappa shape index (κ3) is 1.85. The lowest BCUT2D eigenvalue weighted by atomic mass is 10.0. The summed E-state index contributed by atoms with van der Waals surface area (Å²) in [4.78, 5) is 21.3. The molecule has 0 fully saturated rings. The molecule has 5 nitrogen and oxygen atoms in total. The number of benzene rings is 2. The third-order valence-corrected chi connectivity index (χ3v) is 3.11. The summed E-state index contributed by atoms with van der Waals surface area (Å²) in [7, 11) is 0. The molecule has 2 aromatic carbocycles. The molecule has 0 amide bonds. The predicted molar refractivity (Wildman–Crippen MR) is 73.7 cm³/mol. The van der Waals surface area contributed by atoms with Gasteiger partial charge in [0.05, 0.1) is 10.3 Å². The number of carbonyl (C=O) groups excluding carboxylic acids is 1. The summed E-state index contributed by atoms with van der Waals surface area (Å²) in [5.74, 6) is 0.737. The summed E-state index contributed by atoms with van der Waals surface area (Å²) < 4.78 is 5.39. The average molecular weight is 267 g/mol. The number of fused-ring (bicyclic) bond motifs is 1. The largest absolute Gasteiger partial charge is 0.453 e. The van der Waals surface area contributed by atoms with Crippen LogP contribution in [-0.2, 0) is 0 Å². The van der Waals surface area contributed by atoms with Gasteiger partial charge >= 0.3 is 0 Å². The van der Waals surface area contributed by atoms with Crippen molar-refractivity contribution in [2.45, 2.75) is 0 Å². The number of carbonyl (C=O) groups is 1. The number of nitrogens with zero attached hydrogens (tertiary/aromatic N) is 1. The molecule has 1 aromatic heterocycles. The molecule has 0 spiro atoms. The maximum absolute atomic E-state index is 11.0. The van der Waals surface area contributed by atoms with Crippen molar-refractivity contribution in [2.75, 3.05) is 0 Å². The maximum Gasteiger partial charge on any atom is 0.277 e. The fraction of sp³-hybridized carbons (Fsp3) is 0. The molecule has 1 heterocycles. The normalized spacial score (nSPS) is 10.6. The van der Waals surface area contributed by atoms with Gasteiger partial charge in [-0.3, -0.25) is 14.9 Å². The minimum atomic E-state index is -0.412. The van der Waals surface area contributed by atoms with Crippen molar-refractivity contribution < 1.29 is 14.1 Å². The summed E-state index contributed by atoms with van der Waals surface area (Å²) >= 11 is 0. The summed E-state index contributed by atoms with van der Waals surface area (Å²) in [5, 5.41) is 12.3. The molecule has 0 saturated heterocycles. The van der Waals surface area contributed by atoms with E-state index in [0.717, 1.165) is 5.56 Å². The van der Waals surface area contributed by atoms with Gasteiger partial charge in [-0.25, -0.2) is 0 Å². The zero-order valence-corrected chi connectivity index (χ0v) is 10.3. The van der Waals surface area contributed by atoms with Gasteiger partial charge in [-0.2, -0.15) is 0 Å². The molecule has 0 aliphatic heterocycles. The number of aldehydes is 1. The van der Waals surface area contributed by atoms with E-state index in [4.69, 9.17) is 4.42 Å². The number of hydrogen-bond donors (Lipinski definition) is 0. The van der Waals surface area contributed by atoms with E-state index in [9.17, 15) is 14.9 Å². The predicted octanol–water partition coefficient (Wildman–Crippen LogP) is 3.82. The van der Waals surface area contributed by atoms with E-state index in [0.29, 0.717) is 22.8 Å². The Kier molecular flexibility index (Phi) is 2.80. The fourth-order valence-corrected chi connectivity index (χ4v) is 2.22. The third-order valence-electron chi connectivity index (χ3n) is 3.11. The van der Waals surface area contributed by atoms with Gasteiger partial charge in [0.25, 0.3) is 5.69 Å². The molecule has 3 aromatic rings. The van der Waals surface area contributed by atoms with Crippen LogP contribution in [0.25, 0.3) is 22.1 Å². The molecule has 0 radical (unpaired) electrons. The molecule has 0 N–H and O–H groups in total. The van der Waals surface area contributed by atoms with Crippen LogP contribution >= 0.6 is 0 Å². The van der Waals surface area contributed by atoms with Crippen LogP contribution in [0.4, 0.5) is 5.69 Å². The van der Waals surface area contributed by atoms with Crippen LogP contribution in [0, 0.1) is 10.1 Å². The molecule has 20 heavy (non-hydrogen) atoms. The van der Waals surface area contributed by atoms with Gasteiger partial charge in [0.15, 0.2) is 12.0 Å². The lowest BCUT2D eigenvalue weighted by Gasteiger charge is -2.04. The second kappa shape index (κ2) is 4.62. The molecule has 0 atom stereocenters. The van der Waals surface area contributed by atoms with Crippen molar-refractivity contribution in [3.63, 3.8) is 0 Å². The number of non-ortho nitro benzene ring substituents is 1. The zero-order chi connectivity index (χ0) is 14.1. The van der Waals surface area contributed by atoms with Crippen molar-refractivity contribution in [3.05, 3.63) is 64.4 Å². The van der Waals surface area contributed by atoms with Crippen molar-refractivity contribution >= 4 is 22.7 Å². The molecular formula is C15H9NO4. The highest BCUT2D eigenvalue weighted by Gasteiger charge is 2.16. The zero-order valence-electron chi connectivity index (χ0n) is 10.3. The Morgan fingerprint density at radius 2 is 1.75 bits per heavy atom. The van der Waals surface area contributed by atoms with Crippen molar-refractivity contribution in [1.82, 2.24) is 0 Å². The van der Waals surface area contributed by atoms with Crippen molar-refractivity contribution in [1.29, 1.82) is 0 Å². The van der Waals surface area contributed by atoms with Gasteiger partial charge in [0.1, 0.15) is 5.76 Å². The number of nitro benzene ring substituents is 1. The summed E-state index contributed by atoms with van der Waals surface area (Å²) in [5.41, 5.74) is 0.769. The lowest BCUT2D eigenvalue weighted by molar-refractivity contribution is -0.383. The van der Waals surface area contributed by atoms with Crippen molar-refractivity contribution in [3.8, 4) is 11.3 Å². The molecule has 0 bridgehead atoms. The van der Waals surface area contributed by atoms with E-state index in [1.807, 2.05) is 0 Å². The first-order valence-electron chi connectivity index (χ1n) is 5.92. The standard InChI is InChI=1S/C15H9NO4/c17-9-10-5-8-15(20-10)13-6-7-14(16(18)19)12-4-2-1-3-11(12)13/h1-9H. The molecule has 98 valence electrons. The van der Waals surface area contributed by atoms with Crippen LogP contribution < -0.4 is 0 Å². The molecule has 5 heteroatoms. The van der Waals surface area contributed by atoms with Gasteiger partial charge in [-0.1, -0.05) is 18.2 Å². The van der Waals surface area contributed by atoms with Gasteiger partial charge in [-0.15, -0.1) is 0 Å². The van der Waals surface area contributed by atoms with E-state index in [-0.39, 0.29) is 11.4 Å². The Hall–Kier alpha value is -2.95. The van der Waals surface area contributed by atoms with Crippen LogP contribution in [-0.4, -0.2) is 11.2 Å². The number of nitro groups is 1. The summed E-state index contributed by atoms with van der Waals surface area (Å²) in [6.07, 6.45) is 0.622. The van der Waals surface area contributed by atoms with Gasteiger partial charge in [0.2, 0.25) is 0 Å². The quantitative estimate of drug-likeness (QED) is 0.410. The van der Waals surface area contributed by atoms with Gasteiger partial charge in [0, 0.05) is 11.6 Å². The fourth-order valence-electron chi connectivity index (χ4n) is 2.22. The van der Waals surface area contributed by atoms with E-state index in [1.165, 1.54) is 6.07 Å². The Morgan fingerprint density at radius 1 is 1.00 bits per heavy atom. The molecule has 0 aliphatic carbocycles. The number of hydrogen-bond acceptors (Lipinski definition) is 4. The van der Waals surface area contributed by atoms with Crippen LogP contribution in [0.3, 0.4) is 0 Å². The first kappa shape index (κ1) is 12.1. The van der Waals surface area contributed by atoms with E-state index < -0.39 is 4.92 Å². The maximum atomic E-state index is 11.0. The minimum Gasteiger partial charge on any atom is -0.453 e. The van der Waals surface area contributed by atoms with Gasteiger partial charge in [-0.05, 0) is 29.7 Å². The molecule has 0 unspecified atom stereocenters. The van der Waals surface area contributed by atoms with Crippen LogP contribution in [0.5, 0.6) is 0 Å².